The topological polar surface area (TPSA) is 82.1 Å². The molecule has 0 fully saturated rings. The highest BCUT2D eigenvalue weighted by molar-refractivity contribution is 7.89. The number of aryl methyl sites for hydroxylation is 1. The summed E-state index contributed by atoms with van der Waals surface area (Å²) in [5, 5.41) is 0. The number of sulfonamides is 1. The molecule has 7 nitrogen and oxygen atoms in total. The molecule has 1 heterocycles. The van der Waals surface area contributed by atoms with Crippen molar-refractivity contribution < 1.29 is 27.4 Å². The summed E-state index contributed by atoms with van der Waals surface area (Å²) in [6, 6.07) is 14.3. The molecule has 0 aliphatic carbocycles. The SMILES string of the molecule is CCO[C@@H]1C=C[C@H](OC(=O)c2ccccc2)[C@@H](COC)N1S(=O)(=O)c1ccc(C)cc1. The van der Waals surface area contributed by atoms with E-state index in [0.29, 0.717) is 12.2 Å². The molecular formula is C23H27NO6S. The van der Waals surface area contributed by atoms with Crippen LogP contribution in [0.2, 0.25) is 0 Å². The van der Waals surface area contributed by atoms with E-state index in [4.69, 9.17) is 14.2 Å². The molecule has 166 valence electrons. The first-order chi connectivity index (χ1) is 14.9. The number of esters is 1. The maximum Gasteiger partial charge on any atom is 0.338 e. The summed E-state index contributed by atoms with van der Waals surface area (Å²) in [5.74, 6) is -0.543. The van der Waals surface area contributed by atoms with Crippen molar-refractivity contribution in [3.05, 3.63) is 77.9 Å². The lowest BCUT2D eigenvalue weighted by Gasteiger charge is -2.40. The largest absolute Gasteiger partial charge is 0.453 e. The number of hydrogen-bond donors (Lipinski definition) is 0. The zero-order chi connectivity index (χ0) is 22.4. The molecule has 0 bridgehead atoms. The van der Waals surface area contributed by atoms with E-state index in [1.54, 1.807) is 73.7 Å². The first-order valence-electron chi connectivity index (χ1n) is 10.0. The van der Waals surface area contributed by atoms with Crippen LogP contribution in [0, 0.1) is 6.92 Å². The Labute approximate surface area is 183 Å². The van der Waals surface area contributed by atoms with Crippen LogP contribution in [0.4, 0.5) is 0 Å². The smallest absolute Gasteiger partial charge is 0.338 e. The number of methoxy groups -OCH3 is 1. The fourth-order valence-corrected chi connectivity index (χ4v) is 5.09. The number of hydrogen-bond acceptors (Lipinski definition) is 6. The molecule has 1 aliphatic heterocycles. The van der Waals surface area contributed by atoms with Gasteiger partial charge in [-0.05, 0) is 50.3 Å². The lowest BCUT2D eigenvalue weighted by atomic mass is 10.1. The highest BCUT2D eigenvalue weighted by Crippen LogP contribution is 2.29. The van der Waals surface area contributed by atoms with E-state index in [-0.39, 0.29) is 11.5 Å². The lowest BCUT2D eigenvalue weighted by molar-refractivity contribution is -0.0532. The summed E-state index contributed by atoms with van der Waals surface area (Å²) in [6.45, 7) is 4.00. The predicted octanol–water partition coefficient (Wildman–Crippen LogP) is 3.16. The Hall–Kier alpha value is -2.52. The number of ether oxygens (including phenoxy) is 3. The van der Waals surface area contributed by atoms with Crippen molar-refractivity contribution in [2.24, 2.45) is 0 Å². The van der Waals surface area contributed by atoms with Crippen molar-refractivity contribution in [3.63, 3.8) is 0 Å². The minimum absolute atomic E-state index is 0.0196. The van der Waals surface area contributed by atoms with Crippen molar-refractivity contribution in [3.8, 4) is 0 Å². The third-order valence-corrected chi connectivity index (χ3v) is 6.85. The van der Waals surface area contributed by atoms with Crippen LogP contribution in [0.5, 0.6) is 0 Å². The number of rotatable bonds is 8. The summed E-state index contributed by atoms with van der Waals surface area (Å²) in [5.41, 5.74) is 1.33. The second kappa shape index (κ2) is 10.2. The Kier molecular flexibility index (Phi) is 7.61. The van der Waals surface area contributed by atoms with E-state index in [9.17, 15) is 13.2 Å². The van der Waals surface area contributed by atoms with Crippen LogP contribution in [0.15, 0.2) is 71.6 Å². The van der Waals surface area contributed by atoms with E-state index in [0.717, 1.165) is 5.56 Å². The molecule has 3 atom stereocenters. The van der Waals surface area contributed by atoms with Crippen LogP contribution in [0.1, 0.15) is 22.8 Å². The van der Waals surface area contributed by atoms with E-state index in [1.165, 1.54) is 11.4 Å². The van der Waals surface area contributed by atoms with Gasteiger partial charge in [-0.15, -0.1) is 0 Å². The second-order valence-corrected chi connectivity index (χ2v) is 8.98. The summed E-state index contributed by atoms with van der Waals surface area (Å²) in [4.78, 5) is 12.8. The molecule has 31 heavy (non-hydrogen) atoms. The molecule has 0 aromatic heterocycles. The van der Waals surface area contributed by atoms with E-state index in [1.807, 2.05) is 6.92 Å². The van der Waals surface area contributed by atoms with Gasteiger partial charge in [-0.25, -0.2) is 13.2 Å². The molecule has 3 rings (SSSR count). The van der Waals surface area contributed by atoms with Gasteiger partial charge >= 0.3 is 5.97 Å². The normalized spacial score (nSPS) is 21.7. The van der Waals surface area contributed by atoms with Gasteiger partial charge in [0.1, 0.15) is 12.3 Å². The zero-order valence-corrected chi connectivity index (χ0v) is 18.6. The van der Waals surface area contributed by atoms with Crippen molar-refractivity contribution >= 4 is 16.0 Å². The fraction of sp³-hybridized carbons (Fsp3) is 0.348. The molecule has 0 unspecified atom stereocenters. The lowest BCUT2D eigenvalue weighted by Crippen LogP contribution is -2.57. The molecule has 0 amide bonds. The third kappa shape index (κ3) is 5.22. The Bertz CT molecular complexity index is 1000. The molecule has 0 spiro atoms. The maximum absolute atomic E-state index is 13.6. The van der Waals surface area contributed by atoms with Gasteiger partial charge in [-0.1, -0.05) is 35.9 Å². The van der Waals surface area contributed by atoms with Gasteiger partial charge in [0.2, 0.25) is 10.0 Å². The van der Waals surface area contributed by atoms with Crippen molar-refractivity contribution in [2.75, 3.05) is 20.3 Å². The van der Waals surface area contributed by atoms with Crippen LogP contribution in [0.3, 0.4) is 0 Å². The Morgan fingerprint density at radius 2 is 1.71 bits per heavy atom. The van der Waals surface area contributed by atoms with Gasteiger partial charge in [0, 0.05) is 13.7 Å². The van der Waals surface area contributed by atoms with Gasteiger partial charge in [0.25, 0.3) is 0 Å². The van der Waals surface area contributed by atoms with E-state index < -0.39 is 34.4 Å². The summed E-state index contributed by atoms with van der Waals surface area (Å²) in [7, 11) is -2.50. The number of carbonyl (C=O) groups is 1. The highest BCUT2D eigenvalue weighted by atomic mass is 32.2. The predicted molar refractivity (Wildman–Crippen MR) is 116 cm³/mol. The first-order valence-corrected chi connectivity index (χ1v) is 11.5. The van der Waals surface area contributed by atoms with Crippen molar-refractivity contribution in [1.82, 2.24) is 4.31 Å². The standard InChI is InChI=1S/C23H27NO6S/c1-4-29-22-15-14-21(30-23(25)18-8-6-5-7-9-18)20(16-28-3)24(22)31(26,27)19-12-10-17(2)11-13-19/h5-15,20-22H,4,16H2,1-3H3/t20-,21+,22-/m1/s1. The molecule has 1 aliphatic rings. The first kappa shape index (κ1) is 23.1. The van der Waals surface area contributed by atoms with Crippen LogP contribution < -0.4 is 0 Å². The highest BCUT2D eigenvalue weighted by Gasteiger charge is 2.44. The number of carbonyl (C=O) groups excluding carboxylic acids is 1. The molecule has 8 heteroatoms. The van der Waals surface area contributed by atoms with Gasteiger partial charge in [-0.2, -0.15) is 4.31 Å². The van der Waals surface area contributed by atoms with Crippen LogP contribution in [-0.2, 0) is 24.2 Å². The van der Waals surface area contributed by atoms with Crippen LogP contribution in [-0.4, -0.2) is 57.4 Å². The zero-order valence-electron chi connectivity index (χ0n) is 17.8. The molecule has 0 saturated carbocycles. The minimum atomic E-state index is -3.97. The van der Waals surface area contributed by atoms with E-state index in [2.05, 4.69) is 0 Å². The van der Waals surface area contributed by atoms with Crippen molar-refractivity contribution in [1.29, 1.82) is 0 Å². The number of benzene rings is 2. The van der Waals surface area contributed by atoms with Gasteiger partial charge in [0.05, 0.1) is 23.1 Å². The minimum Gasteiger partial charge on any atom is -0.453 e. The second-order valence-electron chi connectivity index (χ2n) is 7.14. The molecule has 0 N–H and O–H groups in total. The molecule has 0 radical (unpaired) electrons. The average molecular weight is 446 g/mol. The molecular weight excluding hydrogens is 418 g/mol. The maximum atomic E-state index is 13.6. The number of nitrogens with zero attached hydrogens (tertiary/aromatic N) is 1. The molecule has 2 aromatic rings. The van der Waals surface area contributed by atoms with E-state index >= 15 is 0 Å². The molecule has 2 aromatic carbocycles. The summed E-state index contributed by atoms with van der Waals surface area (Å²) in [6.07, 6.45) is 1.57. The van der Waals surface area contributed by atoms with Gasteiger partial charge in [0.15, 0.2) is 0 Å². The Balaban J connectivity index is 1.98. The van der Waals surface area contributed by atoms with Crippen LogP contribution >= 0.6 is 0 Å². The Morgan fingerprint density at radius 3 is 2.32 bits per heavy atom. The quantitative estimate of drug-likeness (QED) is 0.459. The summed E-state index contributed by atoms with van der Waals surface area (Å²) < 4.78 is 45.1. The van der Waals surface area contributed by atoms with Crippen molar-refractivity contribution in [2.45, 2.75) is 37.1 Å². The van der Waals surface area contributed by atoms with Gasteiger partial charge < -0.3 is 14.2 Å². The average Bonchev–Trinajstić information content (AvgIpc) is 2.76. The van der Waals surface area contributed by atoms with Gasteiger partial charge in [-0.3, -0.25) is 0 Å². The summed E-state index contributed by atoms with van der Waals surface area (Å²) >= 11 is 0. The Morgan fingerprint density at radius 1 is 1.03 bits per heavy atom. The monoisotopic (exact) mass is 445 g/mol. The van der Waals surface area contributed by atoms with Crippen LogP contribution in [0.25, 0.3) is 0 Å². The third-order valence-electron chi connectivity index (χ3n) is 4.95. The molecule has 0 saturated heterocycles. The fourth-order valence-electron chi connectivity index (χ4n) is 3.42.